The summed E-state index contributed by atoms with van der Waals surface area (Å²) >= 11 is 3.43. The lowest BCUT2D eigenvalue weighted by molar-refractivity contribution is 0.932. The molecule has 0 aliphatic rings. The second-order valence-electron chi connectivity index (χ2n) is 4.72. The van der Waals surface area contributed by atoms with Gasteiger partial charge in [-0.3, -0.25) is 0 Å². The van der Waals surface area contributed by atoms with E-state index in [1.807, 2.05) is 22.8 Å². The number of imidazole rings is 1. The van der Waals surface area contributed by atoms with Crippen molar-refractivity contribution >= 4 is 39.0 Å². The molecule has 3 aromatic heterocycles. The number of nitrogens with zero attached hydrogens (tertiary/aromatic N) is 4. The number of aromatic nitrogens is 4. The van der Waals surface area contributed by atoms with E-state index in [-0.39, 0.29) is 0 Å². The zero-order valence-corrected chi connectivity index (χ0v) is 13.0. The van der Waals surface area contributed by atoms with Gasteiger partial charge >= 0.3 is 0 Å². The van der Waals surface area contributed by atoms with Crippen molar-refractivity contribution < 1.29 is 0 Å². The second-order valence-corrected chi connectivity index (χ2v) is 6.81. The summed E-state index contributed by atoms with van der Waals surface area (Å²) in [7, 11) is 0. The Morgan fingerprint density at radius 1 is 1.24 bits per heavy atom. The number of benzene rings is 1. The van der Waals surface area contributed by atoms with Crippen molar-refractivity contribution in [3.63, 3.8) is 0 Å². The topological polar surface area (TPSA) is 43.1 Å². The maximum Gasteiger partial charge on any atom is 0.153 e. The Kier molecular flexibility index (Phi) is 3.12. The summed E-state index contributed by atoms with van der Waals surface area (Å²) in [4.78, 5) is 9.16. The predicted octanol–water partition coefficient (Wildman–Crippen LogP) is 3.65. The largest absolute Gasteiger partial charge is 0.232 e. The summed E-state index contributed by atoms with van der Waals surface area (Å²) in [6.45, 7) is 0. The molecule has 0 aliphatic carbocycles. The summed E-state index contributed by atoms with van der Waals surface area (Å²) < 4.78 is 4.16. The molecule has 0 bridgehead atoms. The lowest BCUT2D eigenvalue weighted by atomic mass is 10.1. The molecule has 3 heterocycles. The van der Waals surface area contributed by atoms with Crippen LogP contribution in [0.5, 0.6) is 0 Å². The van der Waals surface area contributed by atoms with Crippen LogP contribution in [0.25, 0.3) is 15.9 Å². The van der Waals surface area contributed by atoms with Gasteiger partial charge < -0.3 is 0 Å². The fraction of sp³-hybridized carbons (Fsp3) is 0.133. The van der Waals surface area contributed by atoms with Crippen molar-refractivity contribution in [2.75, 3.05) is 6.26 Å². The van der Waals surface area contributed by atoms with Gasteiger partial charge in [0.15, 0.2) is 9.99 Å². The standard InChI is InChI=1S/C15H12N4S2/c1-20-15-18-12-5-4-10(8-13(12)21-15)7-11-9-19-14(17-11)3-2-6-16-19/h2-6,8-9H,7H2,1H3. The predicted molar refractivity (Wildman–Crippen MR) is 87.2 cm³/mol. The first-order valence-electron chi connectivity index (χ1n) is 6.54. The quantitative estimate of drug-likeness (QED) is 0.542. The van der Waals surface area contributed by atoms with E-state index in [1.54, 1.807) is 29.3 Å². The molecule has 0 aliphatic heterocycles. The molecule has 21 heavy (non-hydrogen) atoms. The van der Waals surface area contributed by atoms with E-state index >= 15 is 0 Å². The molecule has 0 radical (unpaired) electrons. The lowest BCUT2D eigenvalue weighted by Crippen LogP contribution is -1.87. The van der Waals surface area contributed by atoms with Crippen molar-refractivity contribution in [3.8, 4) is 0 Å². The van der Waals surface area contributed by atoms with E-state index in [2.05, 4.69) is 39.5 Å². The third-order valence-electron chi connectivity index (χ3n) is 3.28. The lowest BCUT2D eigenvalue weighted by Gasteiger charge is -1.97. The highest BCUT2D eigenvalue weighted by Gasteiger charge is 2.07. The van der Waals surface area contributed by atoms with E-state index < -0.39 is 0 Å². The molecule has 0 amide bonds. The minimum atomic E-state index is 0.811. The van der Waals surface area contributed by atoms with Gasteiger partial charge in [0.05, 0.1) is 22.1 Å². The monoisotopic (exact) mass is 312 g/mol. The van der Waals surface area contributed by atoms with E-state index in [4.69, 9.17) is 0 Å². The van der Waals surface area contributed by atoms with Crippen LogP contribution in [0.4, 0.5) is 0 Å². The molecule has 0 unspecified atom stereocenters. The molecule has 0 fully saturated rings. The summed E-state index contributed by atoms with van der Waals surface area (Å²) in [5.74, 6) is 0. The fourth-order valence-corrected chi connectivity index (χ4v) is 3.87. The van der Waals surface area contributed by atoms with Crippen molar-refractivity contribution in [2.45, 2.75) is 10.8 Å². The summed E-state index contributed by atoms with van der Waals surface area (Å²) in [5.41, 5.74) is 4.24. The van der Waals surface area contributed by atoms with Crippen LogP contribution in [0.2, 0.25) is 0 Å². The second kappa shape index (κ2) is 5.13. The van der Waals surface area contributed by atoms with Crippen molar-refractivity contribution in [1.82, 2.24) is 19.6 Å². The minimum absolute atomic E-state index is 0.811. The smallest absolute Gasteiger partial charge is 0.153 e. The number of thioether (sulfide) groups is 1. The van der Waals surface area contributed by atoms with E-state index in [0.29, 0.717) is 0 Å². The first-order chi connectivity index (χ1) is 10.3. The average molecular weight is 312 g/mol. The van der Waals surface area contributed by atoms with Crippen LogP contribution < -0.4 is 0 Å². The van der Waals surface area contributed by atoms with Gasteiger partial charge in [0, 0.05) is 12.6 Å². The van der Waals surface area contributed by atoms with Crippen LogP contribution in [0, 0.1) is 0 Å². The molecule has 1 aromatic carbocycles. The van der Waals surface area contributed by atoms with Crippen LogP contribution in [0.15, 0.2) is 47.1 Å². The Morgan fingerprint density at radius 2 is 2.19 bits per heavy atom. The Morgan fingerprint density at radius 3 is 3.05 bits per heavy atom. The van der Waals surface area contributed by atoms with Gasteiger partial charge in [0.1, 0.15) is 0 Å². The zero-order chi connectivity index (χ0) is 14.2. The van der Waals surface area contributed by atoms with Crippen LogP contribution in [0.1, 0.15) is 11.3 Å². The molecular weight excluding hydrogens is 300 g/mol. The third-order valence-corrected chi connectivity index (χ3v) is 5.28. The van der Waals surface area contributed by atoms with Crippen LogP contribution >= 0.6 is 23.1 Å². The van der Waals surface area contributed by atoms with Gasteiger partial charge in [-0.1, -0.05) is 17.8 Å². The zero-order valence-electron chi connectivity index (χ0n) is 11.4. The van der Waals surface area contributed by atoms with Crippen LogP contribution in [-0.2, 0) is 6.42 Å². The highest BCUT2D eigenvalue weighted by atomic mass is 32.2. The van der Waals surface area contributed by atoms with Gasteiger partial charge in [-0.2, -0.15) is 5.10 Å². The molecule has 4 rings (SSSR count). The minimum Gasteiger partial charge on any atom is -0.232 e. The maximum atomic E-state index is 4.59. The SMILES string of the molecule is CSc1nc2ccc(Cc3cn4ncccc4n3)cc2s1. The van der Waals surface area contributed by atoms with Crippen LogP contribution in [-0.4, -0.2) is 25.8 Å². The molecule has 0 saturated carbocycles. The normalized spacial score (nSPS) is 11.5. The fourth-order valence-electron chi connectivity index (χ4n) is 2.32. The summed E-state index contributed by atoms with van der Waals surface area (Å²) in [5, 5.41) is 4.25. The van der Waals surface area contributed by atoms with E-state index in [1.165, 1.54) is 10.3 Å². The number of fused-ring (bicyclic) bond motifs is 2. The Bertz CT molecular complexity index is 893. The Balaban J connectivity index is 1.69. The number of hydrogen-bond donors (Lipinski definition) is 0. The van der Waals surface area contributed by atoms with Gasteiger partial charge in [0.25, 0.3) is 0 Å². The molecule has 4 nitrogen and oxygen atoms in total. The molecule has 0 atom stereocenters. The maximum absolute atomic E-state index is 4.59. The molecule has 0 saturated heterocycles. The number of rotatable bonds is 3. The van der Waals surface area contributed by atoms with Crippen LogP contribution in [0.3, 0.4) is 0 Å². The first-order valence-corrected chi connectivity index (χ1v) is 8.59. The molecule has 0 N–H and O–H groups in total. The number of hydrogen-bond acceptors (Lipinski definition) is 5. The van der Waals surface area contributed by atoms with Crippen molar-refractivity contribution in [1.29, 1.82) is 0 Å². The average Bonchev–Trinajstić information content (AvgIpc) is 3.09. The highest BCUT2D eigenvalue weighted by Crippen LogP contribution is 2.29. The van der Waals surface area contributed by atoms with E-state index in [0.717, 1.165) is 27.6 Å². The summed E-state index contributed by atoms with van der Waals surface area (Å²) in [6, 6.07) is 10.3. The Labute approximate surface area is 129 Å². The molecule has 6 heteroatoms. The van der Waals surface area contributed by atoms with Gasteiger partial charge in [-0.15, -0.1) is 11.3 Å². The molecule has 104 valence electrons. The van der Waals surface area contributed by atoms with E-state index in [9.17, 15) is 0 Å². The highest BCUT2D eigenvalue weighted by molar-refractivity contribution is 8.00. The van der Waals surface area contributed by atoms with Gasteiger partial charge in [-0.25, -0.2) is 14.5 Å². The van der Waals surface area contributed by atoms with Gasteiger partial charge in [-0.05, 0) is 36.1 Å². The number of thiazole rings is 1. The first kappa shape index (κ1) is 12.8. The van der Waals surface area contributed by atoms with Crippen molar-refractivity contribution in [2.24, 2.45) is 0 Å². The Hall–Kier alpha value is -1.92. The third kappa shape index (κ3) is 2.41. The molecular formula is C15H12N4S2. The van der Waals surface area contributed by atoms with Gasteiger partial charge in [0.2, 0.25) is 0 Å². The molecule has 0 spiro atoms. The summed E-state index contributed by atoms with van der Waals surface area (Å²) in [6.07, 6.45) is 6.62. The van der Waals surface area contributed by atoms with Crippen molar-refractivity contribution in [3.05, 3.63) is 54.0 Å². The molecule has 4 aromatic rings.